The van der Waals surface area contributed by atoms with Crippen LogP contribution in [0.4, 0.5) is 0 Å². The summed E-state index contributed by atoms with van der Waals surface area (Å²) in [6.07, 6.45) is 9.00. The summed E-state index contributed by atoms with van der Waals surface area (Å²) < 4.78 is 4.79. The van der Waals surface area contributed by atoms with Gasteiger partial charge in [0, 0.05) is 54.5 Å². The number of aryl methyl sites for hydroxylation is 1. The van der Waals surface area contributed by atoms with E-state index >= 15 is 0 Å². The molecule has 1 fully saturated rings. The summed E-state index contributed by atoms with van der Waals surface area (Å²) in [5, 5.41) is 15.5. The molecule has 0 bridgehead atoms. The van der Waals surface area contributed by atoms with Crippen LogP contribution in [0, 0.1) is 56.4 Å². The third kappa shape index (κ3) is 9.22. The van der Waals surface area contributed by atoms with Crippen LogP contribution in [0.5, 0.6) is 0 Å². The fourth-order valence-electron chi connectivity index (χ4n) is 9.48. The molecule has 1 aliphatic rings. The van der Waals surface area contributed by atoms with E-state index in [0.29, 0.717) is 23.7 Å². The number of benzene rings is 3. The molecule has 1 radical (unpaired) electrons. The molecule has 2 aromatic heterocycles. The number of hydrogen-bond donors (Lipinski definition) is 1. The summed E-state index contributed by atoms with van der Waals surface area (Å²) >= 11 is 1.94. The van der Waals surface area contributed by atoms with Gasteiger partial charge in [0.2, 0.25) is 0 Å². The second kappa shape index (κ2) is 18.0. The van der Waals surface area contributed by atoms with E-state index in [0.717, 1.165) is 11.5 Å². The number of carbonyl (C=O) groups excluding carboxylic acids is 1. The topological polar surface area (TPSA) is 41.2 Å². The van der Waals surface area contributed by atoms with Gasteiger partial charge in [-0.3, -0.25) is 4.79 Å². The SMILES string of the molecule is CC(C)C(C(=O)/C=C(\O)C(C(C)C)C(C)C)C(C)C.[CH2-]c1c(-c2c3sc4c(C)c(C5CCCC5)ccc4c3cc[n+]2[CH2-])cc(C(C)(C)C)c2ccccc12.[Ir]. The van der Waals surface area contributed by atoms with Crippen molar-refractivity contribution in [2.45, 2.75) is 120 Å². The predicted octanol–water partition coefficient (Wildman–Crippen LogP) is 14.1. The van der Waals surface area contributed by atoms with E-state index in [-0.39, 0.29) is 48.9 Å². The first kappa shape index (κ1) is 44.6. The van der Waals surface area contributed by atoms with E-state index in [2.05, 4.69) is 156 Å². The largest absolute Gasteiger partial charge is 0.512 e. The number of pyridine rings is 1. The molecule has 1 aliphatic carbocycles. The number of aliphatic hydroxyl groups excluding tert-OH is 1. The average molecular weight is 937 g/mol. The van der Waals surface area contributed by atoms with Gasteiger partial charge < -0.3 is 9.67 Å². The summed E-state index contributed by atoms with van der Waals surface area (Å²) in [6, 6.07) is 18.1. The summed E-state index contributed by atoms with van der Waals surface area (Å²) in [5.41, 5.74) is 7.86. The molecule has 0 amide bonds. The van der Waals surface area contributed by atoms with Crippen LogP contribution in [-0.4, -0.2) is 10.9 Å². The molecular formula is C50H66IrNO2S-. The first-order valence-corrected chi connectivity index (χ1v) is 21.2. The Kier molecular flexibility index (Phi) is 14.6. The van der Waals surface area contributed by atoms with Gasteiger partial charge in [0.25, 0.3) is 0 Å². The van der Waals surface area contributed by atoms with Gasteiger partial charge in [0.05, 0.1) is 17.6 Å². The maximum Gasteiger partial charge on any atom is 0.162 e. The van der Waals surface area contributed by atoms with Crippen LogP contribution in [0.1, 0.15) is 130 Å². The van der Waals surface area contributed by atoms with Crippen molar-refractivity contribution >= 4 is 48.1 Å². The Morgan fingerprint density at radius 2 is 1.36 bits per heavy atom. The first-order valence-electron chi connectivity index (χ1n) is 20.4. The number of carbonyl (C=O) groups is 1. The number of aromatic nitrogens is 1. The first-order chi connectivity index (χ1) is 25.3. The molecule has 5 aromatic rings. The van der Waals surface area contributed by atoms with Gasteiger partial charge in [0.1, 0.15) is 0 Å². The molecule has 0 aliphatic heterocycles. The number of nitrogens with zero attached hydrogens (tertiary/aromatic N) is 1. The van der Waals surface area contributed by atoms with Crippen molar-refractivity contribution in [3.8, 4) is 11.3 Å². The summed E-state index contributed by atoms with van der Waals surface area (Å²) in [6.45, 7) is 30.4. The standard InChI is InChI=1S/C33H34NS.C17H32O2.Ir/c1-20-24-13-9-10-14-25(24)29(33(3,4)5)19-28(20)30-32-27(17-18-34(30)6)26-16-15-23(21(2)31(26)35-32)22-11-7-8-12-22;1-10(2)16(11(3)4)14(18)9-15(19)17(12(5)6)13(7)8;/h9-10,13-19,22H,1,6-8,11-12H2,2-5H3;9-13,16-18H,1-8H3;/q-1;;/b;14-9-;. The van der Waals surface area contributed by atoms with Gasteiger partial charge in [-0.1, -0.05) is 130 Å². The van der Waals surface area contributed by atoms with Crippen molar-refractivity contribution in [1.82, 2.24) is 0 Å². The third-order valence-corrected chi connectivity index (χ3v) is 13.3. The number of rotatable bonds is 9. The average Bonchev–Trinajstić information content (AvgIpc) is 3.74. The normalized spacial score (nSPS) is 14.3. The second-order valence-electron chi connectivity index (χ2n) is 18.4. The Hall–Kier alpha value is -3.11. The molecule has 6 rings (SSSR count). The number of thiophene rings is 1. The van der Waals surface area contributed by atoms with Crippen molar-refractivity contribution < 1.29 is 34.6 Å². The Balaban J connectivity index is 0.000000290. The van der Waals surface area contributed by atoms with Gasteiger partial charge in [-0.15, -0.1) is 34.4 Å². The van der Waals surface area contributed by atoms with Crippen LogP contribution in [0.15, 0.2) is 66.6 Å². The minimum atomic E-state index is -0.0119. The molecule has 5 heteroatoms. The van der Waals surface area contributed by atoms with Gasteiger partial charge in [-0.2, -0.15) is 12.5 Å². The minimum absolute atomic E-state index is 0. The predicted molar refractivity (Wildman–Crippen MR) is 234 cm³/mol. The second-order valence-corrected chi connectivity index (χ2v) is 19.4. The van der Waals surface area contributed by atoms with Crippen molar-refractivity contribution in [3.63, 3.8) is 0 Å². The maximum absolute atomic E-state index is 12.3. The third-order valence-electron chi connectivity index (χ3n) is 12.0. The van der Waals surface area contributed by atoms with Crippen molar-refractivity contribution in [1.29, 1.82) is 0 Å². The summed E-state index contributed by atoms with van der Waals surface area (Å²) in [7, 11) is 4.43. The summed E-state index contributed by atoms with van der Waals surface area (Å²) in [5.74, 6) is 2.35. The van der Waals surface area contributed by atoms with Crippen LogP contribution >= 0.6 is 11.3 Å². The Morgan fingerprint density at radius 3 is 1.91 bits per heavy atom. The molecular weight excluding hydrogens is 871 g/mol. The zero-order valence-electron chi connectivity index (χ0n) is 35.6. The van der Waals surface area contributed by atoms with Crippen LogP contribution in [-0.2, 0) is 30.3 Å². The van der Waals surface area contributed by atoms with Crippen molar-refractivity contribution in [2.24, 2.45) is 35.5 Å². The van der Waals surface area contributed by atoms with Crippen molar-refractivity contribution in [2.75, 3.05) is 0 Å². The quantitative estimate of drug-likeness (QED) is 0.0692. The molecule has 299 valence electrons. The number of ketones is 1. The van der Waals surface area contributed by atoms with Gasteiger partial charge in [-0.05, 0) is 82.7 Å². The number of hydrogen-bond acceptors (Lipinski definition) is 3. The van der Waals surface area contributed by atoms with Gasteiger partial charge in [0.15, 0.2) is 5.78 Å². The van der Waals surface area contributed by atoms with E-state index < -0.39 is 0 Å². The maximum atomic E-state index is 12.3. The molecule has 3 nitrogen and oxygen atoms in total. The molecule has 1 N–H and O–H groups in total. The smallest absolute Gasteiger partial charge is 0.162 e. The number of aliphatic hydroxyl groups is 1. The van der Waals surface area contributed by atoms with E-state index in [4.69, 9.17) is 0 Å². The molecule has 2 heterocycles. The number of allylic oxidation sites excluding steroid dienone is 2. The zero-order valence-corrected chi connectivity index (χ0v) is 38.8. The fraction of sp³-hybridized carbons (Fsp3) is 0.480. The molecule has 0 saturated heterocycles. The van der Waals surface area contributed by atoms with Gasteiger partial charge in [-0.25, -0.2) is 0 Å². The van der Waals surface area contributed by atoms with E-state index in [1.807, 2.05) is 11.3 Å². The van der Waals surface area contributed by atoms with Crippen LogP contribution in [0.2, 0.25) is 0 Å². The van der Waals surface area contributed by atoms with E-state index in [1.54, 1.807) is 5.56 Å². The molecule has 3 aromatic carbocycles. The Bertz CT molecular complexity index is 2140. The Morgan fingerprint density at radius 1 is 0.818 bits per heavy atom. The van der Waals surface area contributed by atoms with Crippen LogP contribution in [0.25, 0.3) is 42.2 Å². The molecule has 0 spiro atoms. The fourth-order valence-corrected chi connectivity index (χ4v) is 10.9. The molecule has 55 heavy (non-hydrogen) atoms. The van der Waals surface area contributed by atoms with Crippen LogP contribution < -0.4 is 4.57 Å². The van der Waals surface area contributed by atoms with E-state index in [9.17, 15) is 9.90 Å². The van der Waals surface area contributed by atoms with E-state index in [1.165, 1.54) is 85.1 Å². The molecule has 0 atom stereocenters. The minimum Gasteiger partial charge on any atom is -0.512 e. The monoisotopic (exact) mass is 937 g/mol. The van der Waals surface area contributed by atoms with Crippen LogP contribution in [0.3, 0.4) is 0 Å². The molecule has 0 unspecified atom stereocenters. The molecule has 1 saturated carbocycles. The summed E-state index contributed by atoms with van der Waals surface area (Å²) in [4.78, 5) is 12.3. The number of fused-ring (bicyclic) bond motifs is 4. The van der Waals surface area contributed by atoms with Gasteiger partial charge >= 0.3 is 0 Å². The van der Waals surface area contributed by atoms with Crippen molar-refractivity contribution in [3.05, 3.63) is 103 Å². The Labute approximate surface area is 350 Å². The zero-order chi connectivity index (χ0) is 39.8.